The molecule has 0 saturated carbocycles. The van der Waals surface area contributed by atoms with E-state index in [0.29, 0.717) is 18.8 Å². The highest BCUT2D eigenvalue weighted by atomic mass is 16.5. The molecule has 3 heteroatoms. The number of fused-ring (bicyclic) bond motifs is 2. The number of aldehydes is 1. The summed E-state index contributed by atoms with van der Waals surface area (Å²) in [5.74, 6) is 1.47. The fourth-order valence-electron chi connectivity index (χ4n) is 2.14. The Balaban J connectivity index is 2.29. The van der Waals surface area contributed by atoms with E-state index in [1.807, 2.05) is 0 Å². The molecule has 3 rings (SSSR count). The van der Waals surface area contributed by atoms with Gasteiger partial charge in [0.05, 0.1) is 18.8 Å². The predicted molar refractivity (Wildman–Crippen MR) is 50.2 cm³/mol. The third-order valence-electron chi connectivity index (χ3n) is 2.77. The number of carbonyl (C=O) groups is 1. The van der Waals surface area contributed by atoms with Gasteiger partial charge in [-0.2, -0.15) is 0 Å². The van der Waals surface area contributed by atoms with Crippen molar-refractivity contribution in [3.63, 3.8) is 0 Å². The van der Waals surface area contributed by atoms with E-state index in [1.165, 1.54) is 0 Å². The first kappa shape index (κ1) is 7.85. The average molecular weight is 190 g/mol. The molecule has 2 heterocycles. The summed E-state index contributed by atoms with van der Waals surface area (Å²) in [5.41, 5.74) is 2.90. The first-order chi connectivity index (χ1) is 6.90. The normalized spacial score (nSPS) is 16.9. The van der Waals surface area contributed by atoms with Crippen LogP contribution in [-0.2, 0) is 12.8 Å². The molecule has 3 nitrogen and oxygen atoms in total. The summed E-state index contributed by atoms with van der Waals surface area (Å²) < 4.78 is 10.9. The van der Waals surface area contributed by atoms with Gasteiger partial charge in [-0.15, -0.1) is 0 Å². The molecule has 0 aromatic heterocycles. The number of ether oxygens (including phenoxy) is 2. The first-order valence-corrected chi connectivity index (χ1v) is 4.79. The molecule has 14 heavy (non-hydrogen) atoms. The Morgan fingerprint density at radius 3 is 2.14 bits per heavy atom. The minimum atomic E-state index is 0.604. The summed E-state index contributed by atoms with van der Waals surface area (Å²) in [4.78, 5) is 11.0. The van der Waals surface area contributed by atoms with Gasteiger partial charge >= 0.3 is 0 Å². The predicted octanol–water partition coefficient (Wildman–Crippen LogP) is 1.37. The zero-order valence-corrected chi connectivity index (χ0v) is 7.71. The summed E-state index contributed by atoms with van der Waals surface area (Å²) in [6.07, 6.45) is 2.65. The van der Waals surface area contributed by atoms with Crippen molar-refractivity contribution in [2.45, 2.75) is 12.8 Å². The van der Waals surface area contributed by atoms with Crippen LogP contribution >= 0.6 is 0 Å². The largest absolute Gasteiger partial charge is 0.492 e. The van der Waals surface area contributed by atoms with Crippen LogP contribution < -0.4 is 9.47 Å². The molecule has 0 N–H and O–H groups in total. The maximum absolute atomic E-state index is 11.0. The lowest BCUT2D eigenvalue weighted by atomic mass is 10.0. The third kappa shape index (κ3) is 0.895. The Hall–Kier alpha value is -1.51. The van der Waals surface area contributed by atoms with Gasteiger partial charge in [0.25, 0.3) is 0 Å². The van der Waals surface area contributed by atoms with E-state index in [0.717, 1.165) is 41.8 Å². The Labute approximate surface area is 81.6 Å². The Morgan fingerprint density at radius 1 is 1.07 bits per heavy atom. The second-order valence-electron chi connectivity index (χ2n) is 3.58. The minimum Gasteiger partial charge on any atom is -0.492 e. The molecule has 2 aliphatic rings. The number of rotatable bonds is 1. The highest BCUT2D eigenvalue weighted by molar-refractivity contribution is 5.86. The van der Waals surface area contributed by atoms with Crippen LogP contribution in [0.3, 0.4) is 0 Å². The molecule has 0 atom stereocenters. The van der Waals surface area contributed by atoms with Crippen molar-refractivity contribution < 1.29 is 14.3 Å². The van der Waals surface area contributed by atoms with E-state index in [4.69, 9.17) is 9.47 Å². The van der Waals surface area contributed by atoms with Crippen LogP contribution in [0, 0.1) is 0 Å². The van der Waals surface area contributed by atoms with Crippen molar-refractivity contribution >= 4 is 6.29 Å². The summed E-state index contributed by atoms with van der Waals surface area (Å²) in [7, 11) is 0. The molecule has 0 amide bonds. The van der Waals surface area contributed by atoms with Gasteiger partial charge in [-0.3, -0.25) is 4.79 Å². The summed E-state index contributed by atoms with van der Waals surface area (Å²) in [6.45, 7) is 1.36. The van der Waals surface area contributed by atoms with E-state index in [-0.39, 0.29) is 0 Å². The van der Waals surface area contributed by atoms with Crippen LogP contribution in [0.15, 0.2) is 6.07 Å². The molecule has 1 aromatic carbocycles. The maximum atomic E-state index is 11.0. The Morgan fingerprint density at radius 2 is 1.64 bits per heavy atom. The van der Waals surface area contributed by atoms with Crippen LogP contribution in [-0.4, -0.2) is 19.5 Å². The highest BCUT2D eigenvalue weighted by Gasteiger charge is 2.26. The van der Waals surface area contributed by atoms with Crippen molar-refractivity contribution in [1.82, 2.24) is 0 Å². The van der Waals surface area contributed by atoms with Gasteiger partial charge in [0.15, 0.2) is 6.29 Å². The van der Waals surface area contributed by atoms with Gasteiger partial charge in [-0.1, -0.05) is 0 Å². The van der Waals surface area contributed by atoms with E-state index in [9.17, 15) is 4.79 Å². The van der Waals surface area contributed by atoms with Gasteiger partial charge in [0, 0.05) is 12.8 Å². The van der Waals surface area contributed by atoms with Gasteiger partial charge in [0.2, 0.25) is 0 Å². The molecule has 0 fully saturated rings. The molecule has 0 radical (unpaired) electrons. The van der Waals surface area contributed by atoms with Gasteiger partial charge < -0.3 is 9.47 Å². The Bertz CT molecular complexity index is 377. The molecule has 0 aliphatic carbocycles. The van der Waals surface area contributed by atoms with Crippen molar-refractivity contribution in [3.8, 4) is 11.5 Å². The van der Waals surface area contributed by atoms with E-state index in [2.05, 4.69) is 6.07 Å². The molecular weight excluding hydrogens is 180 g/mol. The van der Waals surface area contributed by atoms with Gasteiger partial charge in [-0.05, 0) is 17.2 Å². The lowest BCUT2D eigenvalue weighted by Crippen LogP contribution is -1.94. The average Bonchev–Trinajstić information content (AvgIpc) is 2.80. The number of benzene rings is 1. The van der Waals surface area contributed by atoms with Crippen molar-refractivity contribution in [3.05, 3.63) is 22.8 Å². The highest BCUT2D eigenvalue weighted by Crippen LogP contribution is 2.40. The van der Waals surface area contributed by atoms with Crippen LogP contribution in [0.5, 0.6) is 11.5 Å². The standard InChI is InChI=1S/C11H10O3/c12-6-9-10-7(1-3-13-10)5-8-2-4-14-11(8)9/h5-6H,1-4H2. The second kappa shape index (κ2) is 2.74. The van der Waals surface area contributed by atoms with Crippen LogP contribution in [0.2, 0.25) is 0 Å². The smallest absolute Gasteiger partial charge is 0.157 e. The minimum absolute atomic E-state index is 0.604. The zero-order chi connectivity index (χ0) is 9.54. The monoisotopic (exact) mass is 190 g/mol. The molecule has 0 bridgehead atoms. The third-order valence-corrected chi connectivity index (χ3v) is 2.77. The van der Waals surface area contributed by atoms with Crippen molar-refractivity contribution in [1.29, 1.82) is 0 Å². The lowest BCUT2D eigenvalue weighted by molar-refractivity contribution is 0.111. The van der Waals surface area contributed by atoms with Gasteiger partial charge in [0.1, 0.15) is 11.5 Å². The quantitative estimate of drug-likeness (QED) is 0.627. The van der Waals surface area contributed by atoms with Crippen LogP contribution in [0.4, 0.5) is 0 Å². The fourth-order valence-corrected chi connectivity index (χ4v) is 2.14. The molecule has 0 spiro atoms. The molecule has 1 aromatic rings. The molecular formula is C11H10O3. The maximum Gasteiger partial charge on any atom is 0.157 e. The summed E-state index contributed by atoms with van der Waals surface area (Å²) >= 11 is 0. The van der Waals surface area contributed by atoms with Crippen molar-refractivity contribution in [2.24, 2.45) is 0 Å². The fraction of sp³-hybridized carbons (Fsp3) is 0.364. The molecule has 2 aliphatic heterocycles. The van der Waals surface area contributed by atoms with Crippen molar-refractivity contribution in [2.75, 3.05) is 13.2 Å². The number of hydrogen-bond acceptors (Lipinski definition) is 3. The SMILES string of the molecule is O=Cc1c2c(cc3c1OCC3)CCO2. The van der Waals surface area contributed by atoms with Gasteiger partial charge in [-0.25, -0.2) is 0 Å². The number of hydrogen-bond donors (Lipinski definition) is 0. The number of carbonyl (C=O) groups excluding carboxylic acids is 1. The summed E-state index contributed by atoms with van der Waals surface area (Å²) in [6, 6.07) is 2.11. The van der Waals surface area contributed by atoms with Crippen LogP contribution in [0.25, 0.3) is 0 Å². The van der Waals surface area contributed by atoms with E-state index in [1.54, 1.807) is 0 Å². The molecule has 72 valence electrons. The van der Waals surface area contributed by atoms with E-state index < -0.39 is 0 Å². The first-order valence-electron chi connectivity index (χ1n) is 4.79. The zero-order valence-electron chi connectivity index (χ0n) is 7.71. The summed E-state index contributed by atoms with van der Waals surface area (Å²) in [5, 5.41) is 0. The van der Waals surface area contributed by atoms with Crippen LogP contribution in [0.1, 0.15) is 21.5 Å². The molecule has 0 saturated heterocycles. The second-order valence-corrected chi connectivity index (χ2v) is 3.58. The molecule has 0 unspecified atom stereocenters. The van der Waals surface area contributed by atoms with E-state index >= 15 is 0 Å². The lowest BCUT2D eigenvalue weighted by Gasteiger charge is -2.07. The Kier molecular flexibility index (Phi) is 1.54. The topological polar surface area (TPSA) is 35.5 Å².